The Labute approximate surface area is 76.5 Å². The highest BCUT2D eigenvalue weighted by Gasteiger charge is 2.26. The molecular formula is C8H14O3S. The molecule has 0 spiro atoms. The van der Waals surface area contributed by atoms with Gasteiger partial charge in [-0.05, 0) is 23.8 Å². The van der Waals surface area contributed by atoms with Gasteiger partial charge in [0.15, 0.2) is 0 Å². The topological polar surface area (TPSA) is 46.5 Å². The quantitative estimate of drug-likeness (QED) is 0.724. The lowest BCUT2D eigenvalue weighted by atomic mass is 9.99. The molecule has 12 heavy (non-hydrogen) atoms. The summed E-state index contributed by atoms with van der Waals surface area (Å²) in [6, 6.07) is 0. The van der Waals surface area contributed by atoms with E-state index in [1.807, 2.05) is 11.8 Å². The molecule has 0 radical (unpaired) electrons. The van der Waals surface area contributed by atoms with Crippen LogP contribution in [0.15, 0.2) is 0 Å². The van der Waals surface area contributed by atoms with Gasteiger partial charge in [0.05, 0.1) is 12.5 Å². The lowest BCUT2D eigenvalue weighted by Gasteiger charge is -2.18. The van der Waals surface area contributed by atoms with Gasteiger partial charge in [0, 0.05) is 7.11 Å². The van der Waals surface area contributed by atoms with E-state index in [0.29, 0.717) is 5.92 Å². The van der Waals surface area contributed by atoms with Gasteiger partial charge in [0.2, 0.25) is 0 Å². The minimum Gasteiger partial charge on any atom is -0.481 e. The zero-order valence-electron chi connectivity index (χ0n) is 7.16. The minimum atomic E-state index is -0.765. The summed E-state index contributed by atoms with van der Waals surface area (Å²) in [6.45, 7) is 0. The number of hydrogen-bond donors (Lipinski definition) is 1. The number of aliphatic carboxylic acids is 1. The third-order valence-corrected chi connectivity index (χ3v) is 3.36. The van der Waals surface area contributed by atoms with Crippen molar-refractivity contribution in [3.8, 4) is 0 Å². The Morgan fingerprint density at radius 2 is 2.58 bits per heavy atom. The molecule has 0 aromatic carbocycles. The first kappa shape index (κ1) is 9.86. The van der Waals surface area contributed by atoms with E-state index < -0.39 is 5.97 Å². The minimum absolute atomic E-state index is 0.0856. The number of carbonyl (C=O) groups is 1. The molecule has 0 aromatic rings. The third kappa shape index (κ3) is 2.68. The Bertz CT molecular complexity index is 154. The molecule has 1 aliphatic rings. The SMILES string of the molecule is COC(CC(=O)O)C1CCSC1. The maximum absolute atomic E-state index is 10.4. The number of thioether (sulfide) groups is 1. The van der Waals surface area contributed by atoms with Crippen LogP contribution in [0.1, 0.15) is 12.8 Å². The highest BCUT2D eigenvalue weighted by atomic mass is 32.2. The summed E-state index contributed by atoms with van der Waals surface area (Å²) in [4.78, 5) is 10.4. The summed E-state index contributed by atoms with van der Waals surface area (Å²) in [6.07, 6.45) is 1.15. The fourth-order valence-electron chi connectivity index (χ4n) is 1.46. The average molecular weight is 190 g/mol. The van der Waals surface area contributed by atoms with Crippen molar-refractivity contribution in [2.24, 2.45) is 5.92 Å². The van der Waals surface area contributed by atoms with Gasteiger partial charge in [-0.15, -0.1) is 0 Å². The van der Waals surface area contributed by atoms with Crippen LogP contribution in [0.5, 0.6) is 0 Å². The van der Waals surface area contributed by atoms with Crippen LogP contribution < -0.4 is 0 Å². The summed E-state index contributed by atoms with van der Waals surface area (Å²) in [5.74, 6) is 1.87. The summed E-state index contributed by atoms with van der Waals surface area (Å²) in [5, 5.41) is 8.59. The van der Waals surface area contributed by atoms with Crippen LogP contribution in [0.25, 0.3) is 0 Å². The van der Waals surface area contributed by atoms with E-state index in [0.717, 1.165) is 17.9 Å². The van der Waals surface area contributed by atoms with Gasteiger partial charge >= 0.3 is 5.97 Å². The van der Waals surface area contributed by atoms with Gasteiger partial charge in [-0.1, -0.05) is 0 Å². The maximum Gasteiger partial charge on any atom is 0.305 e. The molecule has 1 aliphatic heterocycles. The first-order valence-electron chi connectivity index (χ1n) is 4.06. The summed E-state index contributed by atoms with van der Waals surface area (Å²) < 4.78 is 5.15. The van der Waals surface area contributed by atoms with E-state index in [4.69, 9.17) is 9.84 Å². The lowest BCUT2D eigenvalue weighted by Crippen LogP contribution is -2.25. The van der Waals surface area contributed by atoms with Crippen molar-refractivity contribution in [2.75, 3.05) is 18.6 Å². The van der Waals surface area contributed by atoms with E-state index in [9.17, 15) is 4.79 Å². The van der Waals surface area contributed by atoms with E-state index >= 15 is 0 Å². The molecule has 2 atom stereocenters. The van der Waals surface area contributed by atoms with Crippen LogP contribution in [0.3, 0.4) is 0 Å². The van der Waals surface area contributed by atoms with Gasteiger partial charge in [-0.3, -0.25) is 4.79 Å². The Balaban J connectivity index is 2.37. The van der Waals surface area contributed by atoms with E-state index in [1.54, 1.807) is 7.11 Å². The molecular weight excluding hydrogens is 176 g/mol. The molecule has 1 heterocycles. The molecule has 2 unspecified atom stereocenters. The second-order valence-corrected chi connectivity index (χ2v) is 4.15. The second kappa shape index (κ2) is 4.72. The molecule has 4 heteroatoms. The van der Waals surface area contributed by atoms with E-state index in [1.165, 1.54) is 0 Å². The highest BCUT2D eigenvalue weighted by Crippen LogP contribution is 2.28. The maximum atomic E-state index is 10.4. The number of ether oxygens (including phenoxy) is 1. The Morgan fingerprint density at radius 3 is 3.00 bits per heavy atom. The molecule has 0 amide bonds. The second-order valence-electron chi connectivity index (χ2n) is 3.00. The smallest absolute Gasteiger partial charge is 0.305 e. The van der Waals surface area contributed by atoms with Crippen LogP contribution in [0, 0.1) is 5.92 Å². The first-order chi connectivity index (χ1) is 5.74. The monoisotopic (exact) mass is 190 g/mol. The summed E-state index contributed by atoms with van der Waals surface area (Å²) >= 11 is 1.88. The number of hydrogen-bond acceptors (Lipinski definition) is 3. The van der Waals surface area contributed by atoms with Crippen molar-refractivity contribution >= 4 is 17.7 Å². The summed E-state index contributed by atoms with van der Waals surface area (Å²) in [5.41, 5.74) is 0. The normalized spacial score (nSPS) is 25.6. The zero-order valence-corrected chi connectivity index (χ0v) is 7.97. The molecule has 3 nitrogen and oxygen atoms in total. The van der Waals surface area contributed by atoms with Crippen LogP contribution in [0.2, 0.25) is 0 Å². The van der Waals surface area contributed by atoms with Crippen molar-refractivity contribution in [3.05, 3.63) is 0 Å². The molecule has 70 valence electrons. The number of carboxylic acids is 1. The van der Waals surface area contributed by atoms with Crippen molar-refractivity contribution in [3.63, 3.8) is 0 Å². The summed E-state index contributed by atoms with van der Waals surface area (Å²) in [7, 11) is 1.59. The molecule has 1 fully saturated rings. The standard InChI is InChI=1S/C8H14O3S/c1-11-7(4-8(9)10)6-2-3-12-5-6/h6-7H,2-5H2,1H3,(H,9,10). The Hall–Kier alpha value is -0.220. The average Bonchev–Trinajstić information content (AvgIpc) is 2.51. The van der Waals surface area contributed by atoms with Gasteiger partial charge in [-0.2, -0.15) is 11.8 Å². The molecule has 1 saturated heterocycles. The van der Waals surface area contributed by atoms with Crippen LogP contribution in [-0.2, 0) is 9.53 Å². The fraction of sp³-hybridized carbons (Fsp3) is 0.875. The first-order valence-corrected chi connectivity index (χ1v) is 5.22. The Morgan fingerprint density at radius 1 is 1.83 bits per heavy atom. The van der Waals surface area contributed by atoms with Gasteiger partial charge in [-0.25, -0.2) is 0 Å². The number of rotatable bonds is 4. The lowest BCUT2D eigenvalue weighted by molar-refractivity contribution is -0.140. The van der Waals surface area contributed by atoms with Crippen molar-refractivity contribution in [1.82, 2.24) is 0 Å². The molecule has 1 rings (SSSR count). The van der Waals surface area contributed by atoms with Crippen LogP contribution in [-0.4, -0.2) is 35.8 Å². The number of carboxylic acid groups (broad SMARTS) is 1. The highest BCUT2D eigenvalue weighted by molar-refractivity contribution is 7.99. The van der Waals surface area contributed by atoms with Crippen LogP contribution >= 0.6 is 11.8 Å². The molecule has 0 aromatic heterocycles. The largest absolute Gasteiger partial charge is 0.481 e. The third-order valence-electron chi connectivity index (χ3n) is 2.17. The van der Waals surface area contributed by atoms with Gasteiger partial charge in [0.25, 0.3) is 0 Å². The van der Waals surface area contributed by atoms with Crippen LogP contribution in [0.4, 0.5) is 0 Å². The van der Waals surface area contributed by atoms with Gasteiger partial charge < -0.3 is 9.84 Å². The zero-order chi connectivity index (χ0) is 8.97. The van der Waals surface area contributed by atoms with E-state index in [-0.39, 0.29) is 12.5 Å². The fourth-order valence-corrected chi connectivity index (χ4v) is 2.78. The van der Waals surface area contributed by atoms with Crippen molar-refractivity contribution < 1.29 is 14.6 Å². The van der Waals surface area contributed by atoms with Gasteiger partial charge in [0.1, 0.15) is 0 Å². The predicted molar refractivity (Wildman–Crippen MR) is 48.5 cm³/mol. The van der Waals surface area contributed by atoms with E-state index in [2.05, 4.69) is 0 Å². The van der Waals surface area contributed by atoms with Crippen molar-refractivity contribution in [1.29, 1.82) is 0 Å². The van der Waals surface area contributed by atoms with Crippen molar-refractivity contribution in [2.45, 2.75) is 18.9 Å². The molecule has 0 saturated carbocycles. The molecule has 0 aliphatic carbocycles. The Kier molecular flexibility index (Phi) is 3.88. The molecule has 1 N–H and O–H groups in total. The number of methoxy groups -OCH3 is 1. The predicted octanol–water partition coefficient (Wildman–Crippen LogP) is 1.23. The molecule has 0 bridgehead atoms.